The van der Waals surface area contributed by atoms with Crippen LogP contribution in [0.5, 0.6) is 0 Å². The summed E-state index contributed by atoms with van der Waals surface area (Å²) in [5.41, 5.74) is 1.26. The Morgan fingerprint density at radius 1 is 1.20 bits per heavy atom. The van der Waals surface area contributed by atoms with Crippen molar-refractivity contribution in [2.24, 2.45) is 0 Å². The molecule has 0 radical (unpaired) electrons. The lowest BCUT2D eigenvalue weighted by Gasteiger charge is -2.34. The molecule has 2 rings (SSSR count). The molecular formula is C18H27NO. The summed E-state index contributed by atoms with van der Waals surface area (Å²) in [6.07, 6.45) is 6.92. The Bertz CT molecular complexity index is 409. The predicted octanol–water partition coefficient (Wildman–Crippen LogP) is 4.36. The quantitative estimate of drug-likeness (QED) is 0.780. The van der Waals surface area contributed by atoms with Gasteiger partial charge in [0, 0.05) is 19.0 Å². The minimum Gasteiger partial charge on any atom is -0.340 e. The normalized spacial score (nSPS) is 17.7. The average molecular weight is 273 g/mol. The molecule has 0 N–H and O–H groups in total. The van der Waals surface area contributed by atoms with E-state index in [2.05, 4.69) is 43.0 Å². The van der Waals surface area contributed by atoms with Crippen molar-refractivity contribution in [2.75, 3.05) is 6.54 Å². The van der Waals surface area contributed by atoms with Crippen LogP contribution in [0.3, 0.4) is 0 Å². The SMILES string of the molecule is CCN(C(=O)CC(C)c1ccccc1)C1CCCCC1. The highest BCUT2D eigenvalue weighted by atomic mass is 16.2. The molecule has 0 saturated heterocycles. The molecule has 1 aromatic rings. The number of amides is 1. The van der Waals surface area contributed by atoms with Crippen molar-refractivity contribution in [3.63, 3.8) is 0 Å². The molecular weight excluding hydrogens is 246 g/mol. The van der Waals surface area contributed by atoms with Crippen LogP contribution in [0.2, 0.25) is 0 Å². The van der Waals surface area contributed by atoms with E-state index in [1.165, 1.54) is 37.7 Å². The standard InChI is InChI=1S/C18H27NO/c1-3-19(17-12-8-5-9-13-17)18(20)14-15(2)16-10-6-4-7-11-16/h4,6-7,10-11,15,17H,3,5,8-9,12-14H2,1-2H3. The predicted molar refractivity (Wildman–Crippen MR) is 83.7 cm³/mol. The van der Waals surface area contributed by atoms with E-state index in [1.54, 1.807) is 0 Å². The second kappa shape index (κ2) is 7.47. The van der Waals surface area contributed by atoms with Crippen LogP contribution in [0.25, 0.3) is 0 Å². The van der Waals surface area contributed by atoms with Gasteiger partial charge in [-0.25, -0.2) is 0 Å². The van der Waals surface area contributed by atoms with Gasteiger partial charge in [0.05, 0.1) is 0 Å². The zero-order valence-corrected chi connectivity index (χ0v) is 12.8. The van der Waals surface area contributed by atoms with E-state index in [4.69, 9.17) is 0 Å². The van der Waals surface area contributed by atoms with E-state index < -0.39 is 0 Å². The van der Waals surface area contributed by atoms with Gasteiger partial charge in [0.25, 0.3) is 0 Å². The van der Waals surface area contributed by atoms with Gasteiger partial charge < -0.3 is 4.90 Å². The number of carbonyl (C=O) groups is 1. The number of hydrogen-bond acceptors (Lipinski definition) is 1. The lowest BCUT2D eigenvalue weighted by molar-refractivity contribution is -0.134. The molecule has 0 spiro atoms. The molecule has 2 nitrogen and oxygen atoms in total. The van der Waals surface area contributed by atoms with Crippen LogP contribution in [-0.2, 0) is 4.79 Å². The van der Waals surface area contributed by atoms with Gasteiger partial charge in [-0.3, -0.25) is 4.79 Å². The minimum atomic E-state index is 0.307. The number of benzene rings is 1. The maximum Gasteiger partial charge on any atom is 0.223 e. The molecule has 1 fully saturated rings. The fourth-order valence-corrected chi connectivity index (χ4v) is 3.31. The first-order valence-electron chi connectivity index (χ1n) is 8.06. The maximum atomic E-state index is 12.6. The highest BCUT2D eigenvalue weighted by Crippen LogP contribution is 2.25. The first-order chi connectivity index (χ1) is 9.72. The smallest absolute Gasteiger partial charge is 0.223 e. The van der Waals surface area contributed by atoms with Crippen molar-refractivity contribution < 1.29 is 4.79 Å². The Balaban J connectivity index is 1.95. The lowest BCUT2D eigenvalue weighted by atomic mass is 9.92. The molecule has 1 aliphatic carbocycles. The summed E-state index contributed by atoms with van der Waals surface area (Å²) in [5, 5.41) is 0. The van der Waals surface area contributed by atoms with Crippen LogP contribution in [0.1, 0.15) is 63.9 Å². The third-order valence-corrected chi connectivity index (χ3v) is 4.53. The Kier molecular flexibility index (Phi) is 5.63. The molecule has 0 heterocycles. The molecule has 1 aliphatic rings. The van der Waals surface area contributed by atoms with Crippen LogP contribution in [-0.4, -0.2) is 23.4 Å². The topological polar surface area (TPSA) is 20.3 Å². The summed E-state index contributed by atoms with van der Waals surface area (Å²) in [7, 11) is 0. The van der Waals surface area contributed by atoms with E-state index in [0.717, 1.165) is 6.54 Å². The van der Waals surface area contributed by atoms with Gasteiger partial charge in [0.2, 0.25) is 5.91 Å². The highest BCUT2D eigenvalue weighted by molar-refractivity contribution is 5.77. The third kappa shape index (κ3) is 3.84. The fraction of sp³-hybridized carbons (Fsp3) is 0.611. The van der Waals surface area contributed by atoms with Crippen molar-refractivity contribution in [3.05, 3.63) is 35.9 Å². The van der Waals surface area contributed by atoms with E-state index in [1.807, 2.05) is 6.07 Å². The van der Waals surface area contributed by atoms with E-state index in [0.29, 0.717) is 24.3 Å². The molecule has 0 aliphatic heterocycles. The number of carbonyl (C=O) groups excluding carboxylic acids is 1. The van der Waals surface area contributed by atoms with Gasteiger partial charge in [-0.2, -0.15) is 0 Å². The molecule has 1 atom stereocenters. The largest absolute Gasteiger partial charge is 0.340 e. The molecule has 0 bridgehead atoms. The van der Waals surface area contributed by atoms with Gasteiger partial charge >= 0.3 is 0 Å². The van der Waals surface area contributed by atoms with Crippen LogP contribution in [0.15, 0.2) is 30.3 Å². The van der Waals surface area contributed by atoms with Gasteiger partial charge in [-0.15, -0.1) is 0 Å². The van der Waals surface area contributed by atoms with Crippen molar-refractivity contribution in [2.45, 2.75) is 64.3 Å². The summed E-state index contributed by atoms with van der Waals surface area (Å²) in [5.74, 6) is 0.636. The molecule has 2 heteroatoms. The summed E-state index contributed by atoms with van der Waals surface area (Å²) < 4.78 is 0. The number of nitrogens with zero attached hydrogens (tertiary/aromatic N) is 1. The van der Waals surface area contributed by atoms with Gasteiger partial charge in [-0.1, -0.05) is 56.5 Å². The molecule has 20 heavy (non-hydrogen) atoms. The minimum absolute atomic E-state index is 0.307. The monoisotopic (exact) mass is 273 g/mol. The molecule has 1 unspecified atom stereocenters. The maximum absolute atomic E-state index is 12.6. The molecule has 1 aromatic carbocycles. The number of rotatable bonds is 5. The summed E-state index contributed by atoms with van der Waals surface area (Å²) in [4.78, 5) is 14.7. The molecule has 0 aromatic heterocycles. The zero-order chi connectivity index (χ0) is 14.4. The second-order valence-corrected chi connectivity index (χ2v) is 5.99. The first-order valence-corrected chi connectivity index (χ1v) is 8.06. The van der Waals surface area contributed by atoms with Crippen molar-refractivity contribution in [1.82, 2.24) is 4.90 Å². The Morgan fingerprint density at radius 3 is 2.45 bits per heavy atom. The summed E-state index contributed by atoms with van der Waals surface area (Å²) >= 11 is 0. The molecule has 1 amide bonds. The van der Waals surface area contributed by atoms with Crippen molar-refractivity contribution >= 4 is 5.91 Å². The lowest BCUT2D eigenvalue weighted by Crippen LogP contribution is -2.41. The fourth-order valence-electron chi connectivity index (χ4n) is 3.31. The summed E-state index contributed by atoms with van der Waals surface area (Å²) in [6.45, 7) is 5.12. The van der Waals surface area contributed by atoms with Crippen LogP contribution < -0.4 is 0 Å². The van der Waals surface area contributed by atoms with Gasteiger partial charge in [0.1, 0.15) is 0 Å². The van der Waals surface area contributed by atoms with Crippen LogP contribution in [0.4, 0.5) is 0 Å². The second-order valence-electron chi connectivity index (χ2n) is 5.99. The van der Waals surface area contributed by atoms with Gasteiger partial charge in [0.15, 0.2) is 0 Å². The highest BCUT2D eigenvalue weighted by Gasteiger charge is 2.25. The van der Waals surface area contributed by atoms with Crippen LogP contribution >= 0.6 is 0 Å². The summed E-state index contributed by atoms with van der Waals surface area (Å²) in [6, 6.07) is 10.9. The van der Waals surface area contributed by atoms with Crippen LogP contribution in [0, 0.1) is 0 Å². The van der Waals surface area contributed by atoms with Crippen molar-refractivity contribution in [1.29, 1.82) is 0 Å². The molecule has 110 valence electrons. The van der Waals surface area contributed by atoms with Gasteiger partial charge in [-0.05, 0) is 31.2 Å². The average Bonchev–Trinajstić information content (AvgIpc) is 2.50. The Hall–Kier alpha value is -1.31. The third-order valence-electron chi connectivity index (χ3n) is 4.53. The van der Waals surface area contributed by atoms with E-state index in [-0.39, 0.29) is 0 Å². The Morgan fingerprint density at radius 2 is 1.85 bits per heavy atom. The van der Waals surface area contributed by atoms with E-state index >= 15 is 0 Å². The first kappa shape index (κ1) is 15.1. The van der Waals surface area contributed by atoms with Crippen molar-refractivity contribution in [3.8, 4) is 0 Å². The zero-order valence-electron chi connectivity index (χ0n) is 12.8. The van der Waals surface area contributed by atoms with E-state index in [9.17, 15) is 4.79 Å². The Labute approximate surface area is 123 Å². The number of hydrogen-bond donors (Lipinski definition) is 0. The molecule has 1 saturated carbocycles.